The van der Waals surface area contributed by atoms with Crippen LogP contribution in [0.2, 0.25) is 0 Å². The zero-order valence-corrected chi connectivity index (χ0v) is 13.0. The van der Waals surface area contributed by atoms with Crippen molar-refractivity contribution in [2.45, 2.75) is 46.8 Å². The maximum atomic E-state index is 5.51. The van der Waals surface area contributed by atoms with Crippen LogP contribution in [0.25, 0.3) is 0 Å². The van der Waals surface area contributed by atoms with Crippen LogP contribution in [0, 0.1) is 0 Å². The molecule has 0 heterocycles. The number of nitrogens with zero attached hydrogens (tertiary/aromatic N) is 1. The molecule has 102 valence electrons. The molecular formula is C15H25NOS. The Labute approximate surface area is 116 Å². The summed E-state index contributed by atoms with van der Waals surface area (Å²) < 4.78 is 9.62. The molecule has 3 heteroatoms. The quantitative estimate of drug-likeness (QED) is 0.568. The molecule has 0 fully saturated rings. The Morgan fingerprint density at radius 2 is 1.78 bits per heavy atom. The van der Waals surface area contributed by atoms with Gasteiger partial charge in [0.15, 0.2) is 0 Å². The lowest BCUT2D eigenvalue weighted by molar-refractivity contribution is 0.0657. The number of hydrogen-bond donors (Lipinski definition) is 0. The van der Waals surface area contributed by atoms with Crippen LogP contribution in [0.4, 0.5) is 0 Å². The van der Waals surface area contributed by atoms with Crippen LogP contribution < -0.4 is 0 Å². The molecule has 0 saturated heterocycles. The first-order valence-corrected chi connectivity index (χ1v) is 7.59. The summed E-state index contributed by atoms with van der Waals surface area (Å²) >= 11 is 1.46. The topological polar surface area (TPSA) is 21.6 Å². The van der Waals surface area contributed by atoms with E-state index in [9.17, 15) is 0 Å². The largest absolute Gasteiger partial charge is 0.374 e. The smallest absolute Gasteiger partial charge is 0.0720 e. The van der Waals surface area contributed by atoms with E-state index in [1.165, 1.54) is 23.9 Å². The minimum absolute atomic E-state index is 0.280. The third-order valence-electron chi connectivity index (χ3n) is 1.87. The molecule has 1 aromatic carbocycles. The molecule has 0 aliphatic carbocycles. The molecule has 2 nitrogen and oxygen atoms in total. The van der Waals surface area contributed by atoms with E-state index in [-0.39, 0.29) is 6.10 Å². The molecule has 0 aromatic heterocycles. The average molecular weight is 267 g/mol. The highest BCUT2D eigenvalue weighted by atomic mass is 32.2. The normalized spacial score (nSPS) is 10.6. The van der Waals surface area contributed by atoms with Crippen molar-refractivity contribution in [2.75, 3.05) is 6.26 Å². The lowest BCUT2D eigenvalue weighted by atomic mass is 10.1. The van der Waals surface area contributed by atoms with Gasteiger partial charge in [0.2, 0.25) is 0 Å². The molecule has 18 heavy (non-hydrogen) atoms. The number of ether oxygens (including phenoxy) is 1. The number of hydrogen-bond acceptors (Lipinski definition) is 3. The molecule has 0 aliphatic rings. The second kappa shape index (κ2) is 11.3. The predicted molar refractivity (Wildman–Crippen MR) is 83.4 cm³/mol. The van der Waals surface area contributed by atoms with E-state index >= 15 is 0 Å². The monoisotopic (exact) mass is 267 g/mol. The van der Waals surface area contributed by atoms with Gasteiger partial charge in [0.05, 0.1) is 12.7 Å². The van der Waals surface area contributed by atoms with Crippen molar-refractivity contribution in [2.24, 2.45) is 4.40 Å². The number of rotatable bonds is 5. The van der Waals surface area contributed by atoms with Gasteiger partial charge in [-0.05, 0) is 36.9 Å². The van der Waals surface area contributed by atoms with Crippen molar-refractivity contribution in [1.82, 2.24) is 0 Å². The number of benzene rings is 1. The summed E-state index contributed by atoms with van der Waals surface area (Å²) in [5, 5.41) is 0. The van der Waals surface area contributed by atoms with Gasteiger partial charge < -0.3 is 4.74 Å². The average Bonchev–Trinajstić information content (AvgIpc) is 2.36. The third-order valence-corrected chi connectivity index (χ3v) is 2.19. The van der Waals surface area contributed by atoms with Gasteiger partial charge in [0.1, 0.15) is 0 Å². The van der Waals surface area contributed by atoms with Crippen molar-refractivity contribution >= 4 is 18.2 Å². The predicted octanol–water partition coefficient (Wildman–Crippen LogP) is 4.72. The molecule has 0 atom stereocenters. The second-order valence-electron chi connectivity index (χ2n) is 4.23. The summed E-state index contributed by atoms with van der Waals surface area (Å²) in [6.07, 6.45) is 5.33. The Morgan fingerprint density at radius 1 is 1.22 bits per heavy atom. The Morgan fingerprint density at radius 3 is 2.22 bits per heavy atom. The van der Waals surface area contributed by atoms with Gasteiger partial charge in [-0.3, -0.25) is 0 Å². The van der Waals surface area contributed by atoms with E-state index in [2.05, 4.69) is 42.5 Å². The minimum Gasteiger partial charge on any atom is -0.374 e. The van der Waals surface area contributed by atoms with E-state index in [1.54, 1.807) is 0 Å². The van der Waals surface area contributed by atoms with E-state index in [1.807, 2.05) is 26.3 Å². The molecule has 0 bridgehead atoms. The Kier molecular flexibility index (Phi) is 10.8. The standard InChI is InChI=1S/C12H17NOS.C3H8/c1-10(2)14-9-12-6-4-11(5-7-12)8-13-15-3;1-3-2/h4-8,10H,9H2,1-3H3;3H2,1-2H3/b13-8+;. The van der Waals surface area contributed by atoms with Gasteiger partial charge in [-0.25, -0.2) is 4.40 Å². The van der Waals surface area contributed by atoms with Gasteiger partial charge >= 0.3 is 0 Å². The van der Waals surface area contributed by atoms with Crippen molar-refractivity contribution < 1.29 is 4.74 Å². The molecule has 0 aliphatic heterocycles. The highest BCUT2D eigenvalue weighted by Crippen LogP contribution is 2.06. The third kappa shape index (κ3) is 9.25. The fourth-order valence-electron chi connectivity index (χ4n) is 1.08. The summed E-state index contributed by atoms with van der Waals surface area (Å²) in [5.74, 6) is 0. The summed E-state index contributed by atoms with van der Waals surface area (Å²) in [7, 11) is 0. The first-order valence-electron chi connectivity index (χ1n) is 6.41. The van der Waals surface area contributed by atoms with Gasteiger partial charge in [-0.2, -0.15) is 0 Å². The maximum absolute atomic E-state index is 5.51. The molecular weight excluding hydrogens is 242 g/mol. The molecule has 0 saturated carbocycles. The SMILES string of the molecule is CCC.CS/N=C/c1ccc(COC(C)C)cc1. The summed E-state index contributed by atoms with van der Waals surface area (Å²) in [6, 6.07) is 8.26. The molecule has 0 unspecified atom stereocenters. The van der Waals surface area contributed by atoms with Crippen LogP contribution in [-0.2, 0) is 11.3 Å². The summed E-state index contributed by atoms with van der Waals surface area (Å²) in [6.45, 7) is 9.01. The first-order chi connectivity index (χ1) is 8.63. The Bertz CT molecular complexity index is 320. The highest BCUT2D eigenvalue weighted by Gasteiger charge is 1.96. The van der Waals surface area contributed by atoms with E-state index in [0.717, 1.165) is 5.56 Å². The minimum atomic E-state index is 0.280. The fourth-order valence-corrected chi connectivity index (χ4v) is 1.30. The van der Waals surface area contributed by atoms with Crippen LogP contribution >= 0.6 is 11.9 Å². The molecule has 1 rings (SSSR count). The van der Waals surface area contributed by atoms with Crippen molar-refractivity contribution in [3.8, 4) is 0 Å². The maximum Gasteiger partial charge on any atom is 0.0720 e. The van der Waals surface area contributed by atoms with Crippen LogP contribution in [0.15, 0.2) is 28.7 Å². The van der Waals surface area contributed by atoms with Crippen molar-refractivity contribution in [1.29, 1.82) is 0 Å². The van der Waals surface area contributed by atoms with Gasteiger partial charge in [-0.1, -0.05) is 44.5 Å². The molecule has 0 spiro atoms. The van der Waals surface area contributed by atoms with Crippen molar-refractivity contribution in [3.63, 3.8) is 0 Å². The van der Waals surface area contributed by atoms with Gasteiger partial charge in [-0.15, -0.1) is 0 Å². The van der Waals surface area contributed by atoms with Gasteiger partial charge in [0.25, 0.3) is 0 Å². The molecule has 0 radical (unpaired) electrons. The molecule has 0 amide bonds. The van der Waals surface area contributed by atoms with Crippen LogP contribution in [0.3, 0.4) is 0 Å². The van der Waals surface area contributed by atoms with Crippen LogP contribution in [-0.4, -0.2) is 18.6 Å². The molecule has 0 N–H and O–H groups in total. The summed E-state index contributed by atoms with van der Waals surface area (Å²) in [4.78, 5) is 0. The first kappa shape index (κ1) is 17.2. The van der Waals surface area contributed by atoms with Crippen molar-refractivity contribution in [3.05, 3.63) is 35.4 Å². The Balaban J connectivity index is 0.000000873. The van der Waals surface area contributed by atoms with E-state index in [0.29, 0.717) is 6.61 Å². The lowest BCUT2D eigenvalue weighted by Crippen LogP contribution is -2.02. The molecule has 1 aromatic rings. The zero-order chi connectivity index (χ0) is 13.8. The fraction of sp³-hybridized carbons (Fsp3) is 0.533. The Hall–Kier alpha value is -0.800. The highest BCUT2D eigenvalue weighted by molar-refractivity contribution is 7.97. The van der Waals surface area contributed by atoms with E-state index < -0.39 is 0 Å². The van der Waals surface area contributed by atoms with Gasteiger partial charge in [0, 0.05) is 12.5 Å². The van der Waals surface area contributed by atoms with E-state index in [4.69, 9.17) is 4.74 Å². The lowest BCUT2D eigenvalue weighted by Gasteiger charge is -2.07. The van der Waals surface area contributed by atoms with Crippen LogP contribution in [0.1, 0.15) is 45.2 Å². The zero-order valence-electron chi connectivity index (χ0n) is 12.1. The van der Waals surface area contributed by atoms with Crippen LogP contribution in [0.5, 0.6) is 0 Å². The summed E-state index contributed by atoms with van der Waals surface area (Å²) in [5.41, 5.74) is 2.32. The second-order valence-corrected chi connectivity index (χ2v) is 4.80.